The molecule has 92 valence electrons. The zero-order chi connectivity index (χ0) is 12.5. The number of hydrogen-bond donors (Lipinski definition) is 1. The molecule has 17 heavy (non-hydrogen) atoms. The molecule has 0 saturated carbocycles. The quantitative estimate of drug-likeness (QED) is 0.873. The van der Waals surface area contributed by atoms with Crippen LogP contribution in [0.15, 0.2) is 22.6 Å². The molecule has 0 unspecified atom stereocenters. The summed E-state index contributed by atoms with van der Waals surface area (Å²) >= 11 is 0. The average Bonchev–Trinajstić information content (AvgIpc) is 2.56. The van der Waals surface area contributed by atoms with Crippen LogP contribution in [0.5, 0.6) is 0 Å². The Morgan fingerprint density at radius 3 is 2.71 bits per heavy atom. The molecule has 2 aromatic rings. The Morgan fingerprint density at radius 2 is 2.06 bits per heavy atom. The first-order valence-corrected chi connectivity index (χ1v) is 6.11. The molecule has 0 bridgehead atoms. The topological polar surface area (TPSA) is 38.1 Å². The van der Waals surface area contributed by atoms with Gasteiger partial charge in [0.2, 0.25) is 0 Å². The molecular weight excluding hydrogens is 212 g/mol. The van der Waals surface area contributed by atoms with E-state index < -0.39 is 0 Å². The highest BCUT2D eigenvalue weighted by Gasteiger charge is 2.16. The number of hydrogen-bond acceptors (Lipinski definition) is 3. The van der Waals surface area contributed by atoms with E-state index in [0.29, 0.717) is 0 Å². The maximum absolute atomic E-state index is 5.74. The molecule has 0 aliphatic heterocycles. The number of nitrogens with one attached hydrogen (secondary N) is 1. The summed E-state index contributed by atoms with van der Waals surface area (Å²) in [6.07, 6.45) is 0.859. The Morgan fingerprint density at radius 1 is 1.29 bits per heavy atom. The summed E-state index contributed by atoms with van der Waals surface area (Å²) in [6.45, 7) is 9.56. The van der Waals surface area contributed by atoms with Crippen LogP contribution in [0.2, 0.25) is 0 Å². The summed E-state index contributed by atoms with van der Waals surface area (Å²) < 4.78 is 5.74. The molecule has 2 rings (SSSR count). The highest BCUT2D eigenvalue weighted by atomic mass is 16.3. The third kappa shape index (κ3) is 2.99. The van der Waals surface area contributed by atoms with Crippen LogP contribution in [0.4, 0.5) is 5.69 Å². The summed E-state index contributed by atoms with van der Waals surface area (Å²) in [7, 11) is 0. The number of aromatic nitrogens is 1. The predicted octanol–water partition coefficient (Wildman–Crippen LogP) is 3.85. The van der Waals surface area contributed by atoms with Crippen molar-refractivity contribution in [3.05, 3.63) is 24.1 Å². The number of oxazole rings is 1. The first-order chi connectivity index (χ1) is 7.98. The van der Waals surface area contributed by atoms with E-state index in [0.717, 1.165) is 35.6 Å². The Balaban J connectivity index is 2.30. The maximum Gasteiger partial charge on any atom is 0.195 e. The monoisotopic (exact) mass is 232 g/mol. The van der Waals surface area contributed by atoms with Crippen molar-refractivity contribution in [1.29, 1.82) is 0 Å². The van der Waals surface area contributed by atoms with E-state index in [1.54, 1.807) is 0 Å². The minimum absolute atomic E-state index is 0.200. The molecule has 0 atom stereocenters. The number of nitrogens with zero attached hydrogens (tertiary/aromatic N) is 1. The van der Waals surface area contributed by atoms with Gasteiger partial charge in [-0.3, -0.25) is 0 Å². The number of rotatable bonds is 3. The molecule has 1 heterocycles. The van der Waals surface area contributed by atoms with Crippen LogP contribution in [-0.2, 0) is 6.42 Å². The fourth-order valence-electron chi connectivity index (χ4n) is 1.82. The van der Waals surface area contributed by atoms with Gasteiger partial charge in [0.1, 0.15) is 5.52 Å². The van der Waals surface area contributed by atoms with Crippen molar-refractivity contribution in [1.82, 2.24) is 4.98 Å². The van der Waals surface area contributed by atoms with Crippen LogP contribution in [0.1, 0.15) is 33.6 Å². The molecule has 0 aliphatic carbocycles. The Bertz CT molecular complexity index is 508. The van der Waals surface area contributed by atoms with Crippen LogP contribution < -0.4 is 5.32 Å². The minimum Gasteiger partial charge on any atom is -0.441 e. The first-order valence-electron chi connectivity index (χ1n) is 6.11. The first kappa shape index (κ1) is 12.0. The van der Waals surface area contributed by atoms with Crippen LogP contribution in [-0.4, -0.2) is 11.5 Å². The lowest BCUT2D eigenvalue weighted by atomic mass is 9.92. The predicted molar refractivity (Wildman–Crippen MR) is 71.3 cm³/mol. The van der Waals surface area contributed by atoms with E-state index in [2.05, 4.69) is 38.0 Å². The molecule has 0 spiro atoms. The van der Waals surface area contributed by atoms with Gasteiger partial charge in [0.15, 0.2) is 11.5 Å². The third-order valence-electron chi connectivity index (χ3n) is 2.49. The fourth-order valence-corrected chi connectivity index (χ4v) is 1.82. The molecule has 1 aromatic carbocycles. The lowest BCUT2D eigenvalue weighted by Crippen LogP contribution is -2.09. The van der Waals surface area contributed by atoms with Gasteiger partial charge >= 0.3 is 0 Å². The van der Waals surface area contributed by atoms with Crippen molar-refractivity contribution in [2.24, 2.45) is 5.41 Å². The van der Waals surface area contributed by atoms with E-state index in [1.165, 1.54) is 0 Å². The molecular formula is C14H20N2O. The smallest absolute Gasteiger partial charge is 0.195 e. The van der Waals surface area contributed by atoms with Crippen molar-refractivity contribution in [2.75, 3.05) is 11.9 Å². The van der Waals surface area contributed by atoms with Gasteiger partial charge in [0.05, 0.1) is 0 Å². The summed E-state index contributed by atoms with van der Waals surface area (Å²) in [6, 6.07) is 6.04. The number of anilines is 1. The van der Waals surface area contributed by atoms with Gasteiger partial charge in [0.25, 0.3) is 0 Å². The van der Waals surface area contributed by atoms with Gasteiger partial charge in [0, 0.05) is 18.7 Å². The van der Waals surface area contributed by atoms with E-state index in [9.17, 15) is 0 Å². The molecule has 1 aromatic heterocycles. The zero-order valence-corrected chi connectivity index (χ0v) is 11.0. The highest BCUT2D eigenvalue weighted by molar-refractivity contribution is 5.77. The third-order valence-corrected chi connectivity index (χ3v) is 2.49. The van der Waals surface area contributed by atoms with Gasteiger partial charge < -0.3 is 9.73 Å². The second kappa shape index (κ2) is 4.40. The molecule has 3 nitrogen and oxygen atoms in total. The SMILES string of the molecule is CCNc1ccc2oc(CC(C)(C)C)nc2c1. The molecule has 0 saturated heterocycles. The maximum atomic E-state index is 5.74. The molecule has 0 aliphatic rings. The van der Waals surface area contributed by atoms with Gasteiger partial charge in [-0.25, -0.2) is 4.98 Å². The Labute approximate surface area is 102 Å². The molecule has 1 N–H and O–H groups in total. The number of fused-ring (bicyclic) bond motifs is 1. The van der Waals surface area contributed by atoms with E-state index in [4.69, 9.17) is 4.42 Å². The van der Waals surface area contributed by atoms with Crippen LogP contribution in [0.3, 0.4) is 0 Å². The standard InChI is InChI=1S/C14H20N2O/c1-5-15-10-6-7-12-11(8-10)16-13(17-12)9-14(2,3)4/h6-8,15H,5,9H2,1-4H3. The van der Waals surface area contributed by atoms with Gasteiger partial charge in [-0.05, 0) is 30.5 Å². The van der Waals surface area contributed by atoms with Gasteiger partial charge in [-0.2, -0.15) is 0 Å². The molecule has 3 heteroatoms. The fraction of sp³-hybridized carbons (Fsp3) is 0.500. The summed E-state index contributed by atoms with van der Waals surface area (Å²) in [5.74, 6) is 0.821. The normalized spacial score (nSPS) is 12.0. The van der Waals surface area contributed by atoms with Gasteiger partial charge in [-0.1, -0.05) is 20.8 Å². The number of benzene rings is 1. The molecule has 0 amide bonds. The Hall–Kier alpha value is -1.51. The molecule has 0 radical (unpaired) electrons. The summed E-state index contributed by atoms with van der Waals surface area (Å²) in [5.41, 5.74) is 3.09. The van der Waals surface area contributed by atoms with Crippen LogP contribution in [0, 0.1) is 5.41 Å². The Kier molecular flexibility index (Phi) is 3.09. The highest BCUT2D eigenvalue weighted by Crippen LogP contribution is 2.25. The largest absolute Gasteiger partial charge is 0.441 e. The van der Waals surface area contributed by atoms with E-state index >= 15 is 0 Å². The van der Waals surface area contributed by atoms with E-state index in [-0.39, 0.29) is 5.41 Å². The zero-order valence-electron chi connectivity index (χ0n) is 11.0. The van der Waals surface area contributed by atoms with Crippen molar-refractivity contribution in [3.63, 3.8) is 0 Å². The van der Waals surface area contributed by atoms with E-state index in [1.807, 2.05) is 18.2 Å². The molecule has 0 fully saturated rings. The minimum atomic E-state index is 0.200. The van der Waals surface area contributed by atoms with Crippen molar-refractivity contribution < 1.29 is 4.42 Å². The van der Waals surface area contributed by atoms with Crippen LogP contribution in [0.25, 0.3) is 11.1 Å². The summed E-state index contributed by atoms with van der Waals surface area (Å²) in [5, 5.41) is 3.28. The second-order valence-corrected chi connectivity index (χ2v) is 5.56. The van der Waals surface area contributed by atoms with Crippen LogP contribution >= 0.6 is 0 Å². The van der Waals surface area contributed by atoms with Crippen molar-refractivity contribution >= 4 is 16.8 Å². The van der Waals surface area contributed by atoms with Crippen molar-refractivity contribution in [3.8, 4) is 0 Å². The average molecular weight is 232 g/mol. The van der Waals surface area contributed by atoms with Crippen molar-refractivity contribution in [2.45, 2.75) is 34.1 Å². The summed E-state index contributed by atoms with van der Waals surface area (Å²) in [4.78, 5) is 4.53. The second-order valence-electron chi connectivity index (χ2n) is 5.56. The lowest BCUT2D eigenvalue weighted by molar-refractivity contribution is 0.362. The lowest BCUT2D eigenvalue weighted by Gasteiger charge is -2.14. The van der Waals surface area contributed by atoms with Gasteiger partial charge in [-0.15, -0.1) is 0 Å².